The summed E-state index contributed by atoms with van der Waals surface area (Å²) in [6.45, 7) is 3.78. The van der Waals surface area contributed by atoms with Gasteiger partial charge in [-0.05, 0) is 31.0 Å². The molecule has 0 spiro atoms. The molecule has 3 N–H and O–H groups in total. The number of carbonyl (C=O) groups is 1. The van der Waals surface area contributed by atoms with Gasteiger partial charge >= 0.3 is 0 Å². The van der Waals surface area contributed by atoms with Crippen molar-refractivity contribution in [2.45, 2.75) is 26.3 Å². The van der Waals surface area contributed by atoms with Crippen LogP contribution in [0.15, 0.2) is 18.2 Å². The molecule has 0 unspecified atom stereocenters. The summed E-state index contributed by atoms with van der Waals surface area (Å²) in [5.41, 5.74) is 7.29. The fourth-order valence-corrected chi connectivity index (χ4v) is 1.31. The van der Waals surface area contributed by atoms with Crippen molar-refractivity contribution in [2.24, 2.45) is 5.73 Å². The van der Waals surface area contributed by atoms with E-state index in [2.05, 4.69) is 5.32 Å². The van der Waals surface area contributed by atoms with Gasteiger partial charge in [0.05, 0.1) is 6.04 Å². The Labute approximate surface area is 107 Å². The van der Waals surface area contributed by atoms with E-state index in [1.807, 2.05) is 19.9 Å². The van der Waals surface area contributed by atoms with Crippen LogP contribution in [0.2, 0.25) is 5.02 Å². The monoisotopic (exact) mass is 262 g/mol. The molecule has 3 nitrogen and oxygen atoms in total. The topological polar surface area (TPSA) is 55.1 Å². The van der Waals surface area contributed by atoms with Gasteiger partial charge < -0.3 is 11.1 Å². The van der Waals surface area contributed by atoms with Gasteiger partial charge in [0, 0.05) is 10.7 Å². The largest absolute Gasteiger partial charge is 0.324 e. The van der Waals surface area contributed by atoms with Gasteiger partial charge in [-0.1, -0.05) is 24.6 Å². The quantitative estimate of drug-likeness (QED) is 0.880. The Hall–Kier alpha value is -0.770. The molecule has 0 saturated heterocycles. The zero-order valence-corrected chi connectivity index (χ0v) is 10.9. The zero-order valence-electron chi connectivity index (χ0n) is 9.29. The van der Waals surface area contributed by atoms with Gasteiger partial charge in [-0.2, -0.15) is 0 Å². The fraction of sp³-hybridized carbons (Fsp3) is 0.364. The SMILES string of the molecule is CC[C@H](N)C(=O)Nc1cc(Cl)ccc1C.Cl. The zero-order chi connectivity index (χ0) is 11.4. The van der Waals surface area contributed by atoms with Crippen LogP contribution in [-0.4, -0.2) is 11.9 Å². The molecule has 0 heterocycles. The van der Waals surface area contributed by atoms with Gasteiger partial charge in [-0.3, -0.25) is 4.79 Å². The number of amides is 1. The Bertz CT molecular complexity index is 369. The molecule has 1 atom stereocenters. The first kappa shape index (κ1) is 15.2. The molecule has 0 aliphatic heterocycles. The van der Waals surface area contributed by atoms with Crippen molar-refractivity contribution in [3.63, 3.8) is 0 Å². The molecule has 1 amide bonds. The minimum absolute atomic E-state index is 0. The average Bonchev–Trinajstić information content (AvgIpc) is 2.22. The lowest BCUT2D eigenvalue weighted by Gasteiger charge is -2.12. The van der Waals surface area contributed by atoms with Crippen molar-refractivity contribution in [2.75, 3.05) is 5.32 Å². The molecule has 0 aromatic heterocycles. The van der Waals surface area contributed by atoms with Crippen molar-refractivity contribution < 1.29 is 4.79 Å². The van der Waals surface area contributed by atoms with E-state index >= 15 is 0 Å². The first-order valence-electron chi connectivity index (χ1n) is 4.87. The normalized spacial score (nSPS) is 11.5. The van der Waals surface area contributed by atoms with Crippen LogP contribution in [0, 0.1) is 6.92 Å². The number of rotatable bonds is 3. The summed E-state index contributed by atoms with van der Waals surface area (Å²) in [4.78, 5) is 11.5. The maximum Gasteiger partial charge on any atom is 0.241 e. The van der Waals surface area contributed by atoms with Crippen LogP contribution < -0.4 is 11.1 Å². The van der Waals surface area contributed by atoms with Crippen molar-refractivity contribution in [3.8, 4) is 0 Å². The summed E-state index contributed by atoms with van der Waals surface area (Å²) in [5, 5.41) is 3.35. The lowest BCUT2D eigenvalue weighted by atomic mass is 10.1. The first-order chi connectivity index (χ1) is 7.04. The number of hydrogen-bond acceptors (Lipinski definition) is 2. The molecule has 1 aromatic rings. The van der Waals surface area contributed by atoms with E-state index in [4.69, 9.17) is 17.3 Å². The van der Waals surface area contributed by atoms with Crippen molar-refractivity contribution in [3.05, 3.63) is 28.8 Å². The second-order valence-electron chi connectivity index (χ2n) is 3.46. The number of nitrogens with one attached hydrogen (secondary N) is 1. The third-order valence-electron chi connectivity index (χ3n) is 2.23. The molecule has 5 heteroatoms. The Morgan fingerprint density at radius 3 is 2.75 bits per heavy atom. The predicted molar refractivity (Wildman–Crippen MR) is 70.3 cm³/mol. The molecule has 1 rings (SSSR count). The molecule has 90 valence electrons. The minimum atomic E-state index is -0.469. The lowest BCUT2D eigenvalue weighted by Crippen LogP contribution is -2.34. The summed E-state index contributed by atoms with van der Waals surface area (Å²) in [7, 11) is 0. The predicted octanol–water partition coefficient (Wildman–Crippen LogP) is 2.75. The Kier molecular flexibility index (Phi) is 6.41. The van der Waals surface area contributed by atoms with Crippen LogP contribution in [-0.2, 0) is 4.79 Å². The summed E-state index contributed by atoms with van der Waals surface area (Å²) in [6.07, 6.45) is 0.617. The molecule has 16 heavy (non-hydrogen) atoms. The van der Waals surface area contributed by atoms with Crippen LogP contribution in [0.3, 0.4) is 0 Å². The fourth-order valence-electron chi connectivity index (χ4n) is 1.14. The van der Waals surface area contributed by atoms with Crippen LogP contribution >= 0.6 is 24.0 Å². The first-order valence-corrected chi connectivity index (χ1v) is 5.25. The van der Waals surface area contributed by atoms with E-state index in [1.54, 1.807) is 12.1 Å². The number of nitrogens with two attached hydrogens (primary N) is 1. The van der Waals surface area contributed by atoms with Gasteiger partial charge in [0.15, 0.2) is 0 Å². The number of benzene rings is 1. The second-order valence-corrected chi connectivity index (χ2v) is 3.90. The third-order valence-corrected chi connectivity index (χ3v) is 2.47. The second kappa shape index (κ2) is 6.74. The number of carbonyl (C=O) groups excluding carboxylic acids is 1. The average molecular weight is 263 g/mol. The van der Waals surface area contributed by atoms with E-state index in [0.29, 0.717) is 11.4 Å². The lowest BCUT2D eigenvalue weighted by molar-refractivity contribution is -0.117. The number of hydrogen-bond donors (Lipinski definition) is 2. The van der Waals surface area contributed by atoms with E-state index < -0.39 is 6.04 Å². The van der Waals surface area contributed by atoms with Crippen LogP contribution in [0.4, 0.5) is 5.69 Å². The molecular formula is C11H16Cl2N2O. The molecule has 0 radical (unpaired) electrons. The molecule has 0 bridgehead atoms. The molecule has 0 aliphatic carbocycles. The molecule has 0 saturated carbocycles. The van der Waals surface area contributed by atoms with Crippen molar-refractivity contribution >= 4 is 35.6 Å². The van der Waals surface area contributed by atoms with E-state index in [-0.39, 0.29) is 18.3 Å². The van der Waals surface area contributed by atoms with Gasteiger partial charge in [-0.25, -0.2) is 0 Å². The third kappa shape index (κ3) is 4.00. The van der Waals surface area contributed by atoms with Gasteiger partial charge in [0.25, 0.3) is 0 Å². The molecular weight excluding hydrogens is 247 g/mol. The minimum Gasteiger partial charge on any atom is -0.324 e. The van der Waals surface area contributed by atoms with Gasteiger partial charge in [-0.15, -0.1) is 12.4 Å². The van der Waals surface area contributed by atoms with E-state index in [1.165, 1.54) is 0 Å². The Morgan fingerprint density at radius 2 is 2.19 bits per heavy atom. The van der Waals surface area contributed by atoms with Crippen LogP contribution in [0.1, 0.15) is 18.9 Å². The van der Waals surface area contributed by atoms with Crippen molar-refractivity contribution in [1.29, 1.82) is 0 Å². The highest BCUT2D eigenvalue weighted by molar-refractivity contribution is 6.31. The smallest absolute Gasteiger partial charge is 0.241 e. The highest BCUT2D eigenvalue weighted by Crippen LogP contribution is 2.20. The molecule has 0 fully saturated rings. The summed E-state index contributed by atoms with van der Waals surface area (Å²) >= 11 is 5.83. The summed E-state index contributed by atoms with van der Waals surface area (Å²) < 4.78 is 0. The van der Waals surface area contributed by atoms with E-state index in [0.717, 1.165) is 11.3 Å². The van der Waals surface area contributed by atoms with Crippen LogP contribution in [0.25, 0.3) is 0 Å². The number of aryl methyl sites for hydroxylation is 1. The standard InChI is InChI=1S/C11H15ClN2O.ClH/c1-3-9(13)11(15)14-10-6-8(12)5-4-7(10)2;/h4-6,9H,3,13H2,1-2H3,(H,14,15);1H/t9-;/m0./s1. The van der Waals surface area contributed by atoms with Crippen molar-refractivity contribution in [1.82, 2.24) is 0 Å². The molecule has 0 aliphatic rings. The Balaban J connectivity index is 0.00000225. The van der Waals surface area contributed by atoms with E-state index in [9.17, 15) is 4.79 Å². The van der Waals surface area contributed by atoms with Crippen LogP contribution in [0.5, 0.6) is 0 Å². The maximum atomic E-state index is 11.5. The number of halogens is 2. The summed E-state index contributed by atoms with van der Waals surface area (Å²) in [6, 6.07) is 4.89. The molecule has 1 aromatic carbocycles. The highest BCUT2D eigenvalue weighted by atomic mass is 35.5. The maximum absolute atomic E-state index is 11.5. The summed E-state index contributed by atoms with van der Waals surface area (Å²) in [5.74, 6) is -0.178. The van der Waals surface area contributed by atoms with Gasteiger partial charge in [0.1, 0.15) is 0 Å². The Morgan fingerprint density at radius 1 is 1.56 bits per heavy atom. The van der Waals surface area contributed by atoms with Gasteiger partial charge in [0.2, 0.25) is 5.91 Å². The number of anilines is 1. The highest BCUT2D eigenvalue weighted by Gasteiger charge is 2.11.